The Kier molecular flexibility index (Phi) is 3.82. The van der Waals surface area contributed by atoms with E-state index in [1.807, 2.05) is 24.2 Å². The minimum Gasteiger partial charge on any atom is -0.338 e. The van der Waals surface area contributed by atoms with E-state index in [0.29, 0.717) is 5.95 Å². The topological polar surface area (TPSA) is 61.4 Å². The van der Waals surface area contributed by atoms with Gasteiger partial charge in [-0.25, -0.2) is 9.97 Å². The standard InChI is InChI=1S/C14H21N5O/c1-11-9-16-14(17-10-11)19-6-2-3-12(19)13(20)18-7-4-15-5-8-18/h9-10,12,15H,2-8H2,1H3. The predicted molar refractivity (Wildman–Crippen MR) is 76.6 cm³/mol. The summed E-state index contributed by atoms with van der Waals surface area (Å²) in [6.45, 7) is 6.22. The van der Waals surface area contributed by atoms with Crippen molar-refractivity contribution in [2.45, 2.75) is 25.8 Å². The van der Waals surface area contributed by atoms with Crippen LogP contribution in [-0.4, -0.2) is 59.5 Å². The van der Waals surface area contributed by atoms with Gasteiger partial charge in [-0.3, -0.25) is 4.79 Å². The van der Waals surface area contributed by atoms with E-state index >= 15 is 0 Å². The van der Waals surface area contributed by atoms with E-state index in [9.17, 15) is 4.79 Å². The number of anilines is 1. The van der Waals surface area contributed by atoms with Gasteiger partial charge in [0.2, 0.25) is 11.9 Å². The minimum absolute atomic E-state index is 0.0872. The fourth-order valence-electron chi connectivity index (χ4n) is 2.89. The van der Waals surface area contributed by atoms with E-state index in [-0.39, 0.29) is 11.9 Å². The van der Waals surface area contributed by atoms with E-state index in [1.54, 1.807) is 0 Å². The zero-order valence-electron chi connectivity index (χ0n) is 11.9. The average Bonchev–Trinajstić information content (AvgIpc) is 2.97. The van der Waals surface area contributed by atoms with E-state index in [2.05, 4.69) is 20.2 Å². The Morgan fingerprint density at radius 3 is 2.65 bits per heavy atom. The molecule has 1 aromatic rings. The summed E-state index contributed by atoms with van der Waals surface area (Å²) in [6, 6.07) is -0.0872. The molecular formula is C14H21N5O. The van der Waals surface area contributed by atoms with Crippen molar-refractivity contribution in [2.24, 2.45) is 0 Å². The third-order valence-electron chi connectivity index (χ3n) is 3.99. The first-order chi connectivity index (χ1) is 9.75. The summed E-state index contributed by atoms with van der Waals surface area (Å²) in [6.07, 6.45) is 5.56. The van der Waals surface area contributed by atoms with Gasteiger partial charge in [0.1, 0.15) is 6.04 Å². The van der Waals surface area contributed by atoms with Crippen molar-refractivity contribution in [2.75, 3.05) is 37.6 Å². The first-order valence-electron chi connectivity index (χ1n) is 7.30. The summed E-state index contributed by atoms with van der Waals surface area (Å²) in [5, 5.41) is 3.28. The maximum atomic E-state index is 12.7. The summed E-state index contributed by atoms with van der Waals surface area (Å²) in [4.78, 5) is 25.4. The van der Waals surface area contributed by atoms with E-state index in [1.165, 1.54) is 0 Å². The van der Waals surface area contributed by atoms with Crippen molar-refractivity contribution in [3.05, 3.63) is 18.0 Å². The minimum atomic E-state index is -0.0872. The Bertz CT molecular complexity index is 469. The molecule has 6 heteroatoms. The van der Waals surface area contributed by atoms with Gasteiger partial charge in [-0.15, -0.1) is 0 Å². The number of hydrogen-bond acceptors (Lipinski definition) is 5. The summed E-state index contributed by atoms with van der Waals surface area (Å²) < 4.78 is 0. The van der Waals surface area contributed by atoms with Crippen molar-refractivity contribution in [1.82, 2.24) is 20.2 Å². The molecule has 0 aliphatic carbocycles. The van der Waals surface area contributed by atoms with Crippen molar-refractivity contribution < 1.29 is 4.79 Å². The second-order valence-electron chi connectivity index (χ2n) is 5.49. The lowest BCUT2D eigenvalue weighted by molar-refractivity contribution is -0.133. The van der Waals surface area contributed by atoms with Crippen molar-refractivity contribution >= 4 is 11.9 Å². The van der Waals surface area contributed by atoms with Crippen molar-refractivity contribution in [1.29, 1.82) is 0 Å². The quantitative estimate of drug-likeness (QED) is 0.834. The predicted octanol–water partition coefficient (Wildman–Crippen LogP) is 0.186. The lowest BCUT2D eigenvalue weighted by atomic mass is 10.2. The number of nitrogens with zero attached hydrogens (tertiary/aromatic N) is 4. The fourth-order valence-corrected chi connectivity index (χ4v) is 2.89. The molecule has 1 unspecified atom stereocenters. The molecule has 1 N–H and O–H groups in total. The molecule has 1 amide bonds. The number of piperazine rings is 1. The van der Waals surface area contributed by atoms with Crippen LogP contribution < -0.4 is 10.2 Å². The highest BCUT2D eigenvalue weighted by atomic mass is 16.2. The molecule has 0 saturated carbocycles. The average molecular weight is 275 g/mol. The SMILES string of the molecule is Cc1cnc(N2CCCC2C(=O)N2CCNCC2)nc1. The van der Waals surface area contributed by atoms with Gasteiger partial charge in [0.25, 0.3) is 0 Å². The molecule has 3 heterocycles. The number of aromatic nitrogens is 2. The zero-order valence-corrected chi connectivity index (χ0v) is 11.9. The van der Waals surface area contributed by atoms with Crippen LogP contribution in [0.1, 0.15) is 18.4 Å². The second kappa shape index (κ2) is 5.75. The van der Waals surface area contributed by atoms with Crippen LogP contribution in [-0.2, 0) is 4.79 Å². The molecule has 0 spiro atoms. The molecule has 2 saturated heterocycles. The number of hydrogen-bond donors (Lipinski definition) is 1. The maximum absolute atomic E-state index is 12.7. The molecule has 0 bridgehead atoms. The van der Waals surface area contributed by atoms with Gasteiger partial charge < -0.3 is 15.1 Å². The van der Waals surface area contributed by atoms with Crippen LogP contribution in [0, 0.1) is 6.92 Å². The molecule has 20 heavy (non-hydrogen) atoms. The highest BCUT2D eigenvalue weighted by Gasteiger charge is 2.35. The number of aryl methyl sites for hydroxylation is 1. The van der Waals surface area contributed by atoms with Gasteiger partial charge in [0.15, 0.2) is 0 Å². The Balaban J connectivity index is 1.74. The molecule has 2 aliphatic heterocycles. The Labute approximate surface area is 119 Å². The summed E-state index contributed by atoms with van der Waals surface area (Å²) in [5.74, 6) is 0.912. The molecule has 0 aromatic carbocycles. The van der Waals surface area contributed by atoms with E-state index in [4.69, 9.17) is 0 Å². The van der Waals surface area contributed by atoms with Crippen LogP contribution >= 0.6 is 0 Å². The third kappa shape index (κ3) is 2.60. The van der Waals surface area contributed by atoms with E-state index < -0.39 is 0 Å². The van der Waals surface area contributed by atoms with Crippen LogP contribution in [0.5, 0.6) is 0 Å². The Morgan fingerprint density at radius 2 is 1.95 bits per heavy atom. The normalized spacial score (nSPS) is 23.1. The van der Waals surface area contributed by atoms with Gasteiger partial charge in [0.05, 0.1) is 0 Å². The molecule has 3 rings (SSSR count). The van der Waals surface area contributed by atoms with Crippen molar-refractivity contribution in [3.63, 3.8) is 0 Å². The lowest BCUT2D eigenvalue weighted by Gasteiger charge is -2.32. The highest BCUT2D eigenvalue weighted by Crippen LogP contribution is 2.23. The Morgan fingerprint density at radius 1 is 1.25 bits per heavy atom. The lowest BCUT2D eigenvalue weighted by Crippen LogP contribution is -2.52. The number of rotatable bonds is 2. The smallest absolute Gasteiger partial charge is 0.245 e. The first-order valence-corrected chi connectivity index (χ1v) is 7.30. The fraction of sp³-hybridized carbons (Fsp3) is 0.643. The molecular weight excluding hydrogens is 254 g/mol. The second-order valence-corrected chi connectivity index (χ2v) is 5.49. The number of carbonyl (C=O) groups is 1. The monoisotopic (exact) mass is 275 g/mol. The highest BCUT2D eigenvalue weighted by molar-refractivity contribution is 5.85. The summed E-state index contributed by atoms with van der Waals surface area (Å²) in [7, 11) is 0. The van der Waals surface area contributed by atoms with Crippen LogP contribution in [0.3, 0.4) is 0 Å². The van der Waals surface area contributed by atoms with Crippen LogP contribution in [0.4, 0.5) is 5.95 Å². The number of carbonyl (C=O) groups excluding carboxylic acids is 1. The van der Waals surface area contributed by atoms with Crippen LogP contribution in [0.2, 0.25) is 0 Å². The zero-order chi connectivity index (χ0) is 13.9. The van der Waals surface area contributed by atoms with Gasteiger partial charge in [-0.05, 0) is 25.3 Å². The number of amides is 1. The van der Waals surface area contributed by atoms with Gasteiger partial charge in [-0.1, -0.05) is 0 Å². The molecule has 0 radical (unpaired) electrons. The number of nitrogens with one attached hydrogen (secondary N) is 1. The molecule has 6 nitrogen and oxygen atoms in total. The molecule has 2 aliphatic rings. The largest absolute Gasteiger partial charge is 0.338 e. The van der Waals surface area contributed by atoms with Crippen LogP contribution in [0.25, 0.3) is 0 Å². The van der Waals surface area contributed by atoms with Gasteiger partial charge in [0, 0.05) is 45.1 Å². The summed E-state index contributed by atoms with van der Waals surface area (Å²) in [5.41, 5.74) is 1.04. The molecule has 1 atom stereocenters. The van der Waals surface area contributed by atoms with Crippen LogP contribution in [0.15, 0.2) is 12.4 Å². The molecule has 1 aromatic heterocycles. The van der Waals surface area contributed by atoms with Gasteiger partial charge in [-0.2, -0.15) is 0 Å². The summed E-state index contributed by atoms with van der Waals surface area (Å²) >= 11 is 0. The first kappa shape index (κ1) is 13.3. The maximum Gasteiger partial charge on any atom is 0.245 e. The van der Waals surface area contributed by atoms with Crippen molar-refractivity contribution in [3.8, 4) is 0 Å². The van der Waals surface area contributed by atoms with Gasteiger partial charge >= 0.3 is 0 Å². The molecule has 2 fully saturated rings. The third-order valence-corrected chi connectivity index (χ3v) is 3.99. The molecule has 108 valence electrons. The Hall–Kier alpha value is -1.69. The van der Waals surface area contributed by atoms with E-state index in [0.717, 1.165) is 51.1 Å².